The smallest absolute Gasteiger partial charge is 0.220 e. The standard InChI is InChI=1S/C38H69NO18/c1-3-5-7-9-10-12-14-16-26(44)39-21(22(43)15-13-11-8-6-4-2)20-52-36-32(50)29(47)34(24(18-41)54-36)57-38-33(51)30(48)35(25(19-42)55-38)56-37-31(49)28(46)27(45)23(17-40)53-37/h13,15,21-25,27-38,40-43,45-51H,3-12,14,16-20H2,1-2H3,(H,39,44)/b15-13+. The second-order valence-corrected chi connectivity index (χ2v) is 15.1. The number of rotatable bonds is 25. The highest BCUT2D eigenvalue weighted by Gasteiger charge is 2.53. The maximum atomic E-state index is 12.9. The lowest BCUT2D eigenvalue weighted by Crippen LogP contribution is -2.66. The molecule has 334 valence electrons. The summed E-state index contributed by atoms with van der Waals surface area (Å²) in [6.45, 7) is 1.46. The Morgan fingerprint density at radius 3 is 1.65 bits per heavy atom. The predicted molar refractivity (Wildman–Crippen MR) is 199 cm³/mol. The number of aliphatic hydroxyl groups excluding tert-OH is 11. The molecule has 3 fully saturated rings. The fourth-order valence-electron chi connectivity index (χ4n) is 7.01. The number of carbonyl (C=O) groups is 1. The van der Waals surface area contributed by atoms with Gasteiger partial charge in [-0.15, -0.1) is 0 Å². The summed E-state index contributed by atoms with van der Waals surface area (Å²) in [6.07, 6.45) is -12.2. The van der Waals surface area contributed by atoms with Crippen LogP contribution >= 0.6 is 0 Å². The summed E-state index contributed by atoms with van der Waals surface area (Å²) in [5.41, 5.74) is 0. The van der Waals surface area contributed by atoms with E-state index in [1.165, 1.54) is 6.42 Å². The third-order valence-electron chi connectivity index (χ3n) is 10.6. The van der Waals surface area contributed by atoms with Crippen molar-refractivity contribution >= 4 is 5.91 Å². The zero-order valence-electron chi connectivity index (χ0n) is 33.1. The summed E-state index contributed by atoms with van der Waals surface area (Å²) in [7, 11) is 0. The molecule has 3 aliphatic rings. The summed E-state index contributed by atoms with van der Waals surface area (Å²) in [4.78, 5) is 12.9. The van der Waals surface area contributed by atoms with Crippen molar-refractivity contribution in [3.8, 4) is 0 Å². The normalized spacial score (nSPS) is 37.3. The lowest BCUT2D eigenvalue weighted by atomic mass is 9.96. The van der Waals surface area contributed by atoms with E-state index >= 15 is 0 Å². The van der Waals surface area contributed by atoms with Crippen LogP contribution in [0.15, 0.2) is 12.2 Å². The molecule has 0 aromatic heterocycles. The number of hydrogen-bond donors (Lipinski definition) is 12. The van der Waals surface area contributed by atoms with Gasteiger partial charge in [-0.3, -0.25) is 4.79 Å². The Kier molecular flexibility index (Phi) is 22.8. The van der Waals surface area contributed by atoms with E-state index in [-0.39, 0.29) is 18.9 Å². The van der Waals surface area contributed by atoms with Gasteiger partial charge >= 0.3 is 0 Å². The van der Waals surface area contributed by atoms with E-state index in [4.69, 9.17) is 28.4 Å². The van der Waals surface area contributed by atoms with Crippen molar-refractivity contribution in [1.29, 1.82) is 0 Å². The molecule has 0 aliphatic carbocycles. The van der Waals surface area contributed by atoms with Gasteiger partial charge in [0.25, 0.3) is 0 Å². The minimum absolute atomic E-state index is 0.242. The van der Waals surface area contributed by atoms with E-state index in [0.29, 0.717) is 6.42 Å². The molecule has 0 aromatic carbocycles. The van der Waals surface area contributed by atoms with Crippen LogP contribution in [-0.2, 0) is 33.2 Å². The molecule has 12 N–H and O–H groups in total. The molecule has 19 heteroatoms. The van der Waals surface area contributed by atoms with Crippen LogP contribution in [0.1, 0.15) is 90.9 Å². The van der Waals surface area contributed by atoms with Gasteiger partial charge in [0.05, 0.1) is 38.6 Å². The monoisotopic (exact) mass is 827 g/mol. The molecule has 0 aromatic rings. The van der Waals surface area contributed by atoms with Gasteiger partial charge in [-0.05, 0) is 19.3 Å². The van der Waals surface area contributed by atoms with Crippen molar-refractivity contribution in [2.45, 2.75) is 195 Å². The van der Waals surface area contributed by atoms with Crippen molar-refractivity contribution in [2.75, 3.05) is 26.4 Å². The fraction of sp³-hybridized carbons (Fsp3) is 0.921. The van der Waals surface area contributed by atoms with Gasteiger partial charge in [0, 0.05) is 6.42 Å². The van der Waals surface area contributed by atoms with E-state index in [1.54, 1.807) is 6.08 Å². The van der Waals surface area contributed by atoms with Crippen molar-refractivity contribution in [3.63, 3.8) is 0 Å². The summed E-state index contributed by atoms with van der Waals surface area (Å²) >= 11 is 0. The van der Waals surface area contributed by atoms with E-state index < -0.39 is 124 Å². The van der Waals surface area contributed by atoms with Gasteiger partial charge in [-0.2, -0.15) is 0 Å². The van der Waals surface area contributed by atoms with Crippen LogP contribution in [0.2, 0.25) is 0 Å². The SMILES string of the molecule is CCCCC/C=C/C(O)C(COC1OC(CO)C(OC2OC(CO)C(OC3OC(CO)C(O)C(O)C3O)C(O)C2O)C(O)C1O)NC(=O)CCCCCCCCC. The van der Waals surface area contributed by atoms with Crippen molar-refractivity contribution < 1.29 is 89.4 Å². The number of amides is 1. The Morgan fingerprint density at radius 1 is 0.614 bits per heavy atom. The Bertz CT molecular complexity index is 1130. The molecular formula is C38H69NO18. The molecule has 17 unspecified atom stereocenters. The second kappa shape index (κ2) is 26.0. The van der Waals surface area contributed by atoms with E-state index in [0.717, 1.165) is 57.8 Å². The van der Waals surface area contributed by atoms with Crippen LogP contribution in [0.25, 0.3) is 0 Å². The van der Waals surface area contributed by atoms with E-state index in [1.807, 2.05) is 6.08 Å². The zero-order valence-corrected chi connectivity index (χ0v) is 33.1. The molecule has 0 bridgehead atoms. The average Bonchev–Trinajstić information content (AvgIpc) is 3.20. The molecule has 1 amide bonds. The Morgan fingerprint density at radius 2 is 1.09 bits per heavy atom. The maximum absolute atomic E-state index is 12.9. The van der Waals surface area contributed by atoms with Gasteiger partial charge in [0.1, 0.15) is 73.2 Å². The van der Waals surface area contributed by atoms with Gasteiger partial charge in [0.15, 0.2) is 18.9 Å². The molecule has 3 aliphatic heterocycles. The van der Waals surface area contributed by atoms with Crippen molar-refractivity contribution in [3.05, 3.63) is 12.2 Å². The predicted octanol–water partition coefficient (Wildman–Crippen LogP) is -2.43. The Balaban J connectivity index is 1.63. The molecular weight excluding hydrogens is 758 g/mol. The number of allylic oxidation sites excluding steroid dienone is 1. The lowest BCUT2D eigenvalue weighted by molar-refractivity contribution is -0.379. The summed E-state index contributed by atoms with van der Waals surface area (Å²) < 4.78 is 33.7. The van der Waals surface area contributed by atoms with Crippen LogP contribution in [0, 0.1) is 0 Å². The largest absolute Gasteiger partial charge is 0.394 e. The number of ether oxygens (including phenoxy) is 6. The summed E-state index contributed by atoms with van der Waals surface area (Å²) in [5, 5.41) is 118. The first-order chi connectivity index (χ1) is 27.3. The lowest BCUT2D eigenvalue weighted by Gasteiger charge is -2.48. The van der Waals surface area contributed by atoms with E-state index in [9.17, 15) is 61.0 Å². The highest BCUT2D eigenvalue weighted by atomic mass is 16.8. The van der Waals surface area contributed by atoms with Crippen molar-refractivity contribution in [1.82, 2.24) is 5.32 Å². The molecule has 3 rings (SSSR count). The number of unbranched alkanes of at least 4 members (excludes halogenated alkanes) is 9. The van der Waals surface area contributed by atoms with Gasteiger partial charge in [0.2, 0.25) is 5.91 Å². The third-order valence-corrected chi connectivity index (χ3v) is 10.6. The average molecular weight is 828 g/mol. The zero-order chi connectivity index (χ0) is 42.1. The second-order valence-electron chi connectivity index (χ2n) is 15.1. The maximum Gasteiger partial charge on any atom is 0.220 e. The van der Waals surface area contributed by atoms with Gasteiger partial charge < -0.3 is 89.9 Å². The van der Waals surface area contributed by atoms with E-state index in [2.05, 4.69) is 19.2 Å². The number of hydrogen-bond acceptors (Lipinski definition) is 18. The fourth-order valence-corrected chi connectivity index (χ4v) is 7.01. The summed E-state index contributed by atoms with van der Waals surface area (Å²) in [5.74, 6) is -0.294. The molecule has 0 spiro atoms. The first-order valence-electron chi connectivity index (χ1n) is 20.4. The third kappa shape index (κ3) is 14.6. The summed E-state index contributed by atoms with van der Waals surface area (Å²) in [6, 6.07) is -0.959. The Hall–Kier alpha value is -1.47. The molecule has 57 heavy (non-hydrogen) atoms. The van der Waals surface area contributed by atoms with Crippen LogP contribution in [0.3, 0.4) is 0 Å². The quantitative estimate of drug-likeness (QED) is 0.0337. The number of carbonyl (C=O) groups excluding carboxylic acids is 1. The topological polar surface area (TPSA) is 307 Å². The molecule has 0 radical (unpaired) electrons. The Labute approximate surface area is 334 Å². The van der Waals surface area contributed by atoms with Crippen LogP contribution < -0.4 is 5.32 Å². The molecule has 19 nitrogen and oxygen atoms in total. The first kappa shape index (κ1) is 49.9. The van der Waals surface area contributed by atoms with Gasteiger partial charge in [-0.25, -0.2) is 0 Å². The number of nitrogens with one attached hydrogen (secondary N) is 1. The van der Waals surface area contributed by atoms with Crippen LogP contribution in [0.5, 0.6) is 0 Å². The van der Waals surface area contributed by atoms with Crippen LogP contribution in [0.4, 0.5) is 0 Å². The minimum Gasteiger partial charge on any atom is -0.394 e. The molecule has 3 heterocycles. The molecule has 0 saturated carbocycles. The highest BCUT2D eigenvalue weighted by Crippen LogP contribution is 2.32. The van der Waals surface area contributed by atoms with Crippen LogP contribution in [-0.4, -0.2) is 193 Å². The molecule has 3 saturated heterocycles. The highest BCUT2D eigenvalue weighted by molar-refractivity contribution is 5.76. The molecule has 17 atom stereocenters. The minimum atomic E-state index is -1.97. The number of aliphatic hydroxyl groups is 11. The first-order valence-corrected chi connectivity index (χ1v) is 20.4. The van der Waals surface area contributed by atoms with Crippen molar-refractivity contribution in [2.24, 2.45) is 0 Å². The van der Waals surface area contributed by atoms with Gasteiger partial charge in [-0.1, -0.05) is 77.4 Å².